The molecule has 1 aromatic rings. The molecule has 1 amide bonds. The summed E-state index contributed by atoms with van der Waals surface area (Å²) in [6.45, 7) is 2.63. The Morgan fingerprint density at radius 3 is 3.12 bits per heavy atom. The van der Waals surface area contributed by atoms with Gasteiger partial charge < -0.3 is 15.7 Å². The van der Waals surface area contributed by atoms with Gasteiger partial charge in [-0.1, -0.05) is 18.2 Å². The van der Waals surface area contributed by atoms with Crippen molar-refractivity contribution in [2.24, 2.45) is 5.92 Å². The lowest BCUT2D eigenvalue weighted by Gasteiger charge is -2.25. The van der Waals surface area contributed by atoms with Crippen molar-refractivity contribution in [3.8, 4) is 0 Å². The Bertz CT molecular complexity index is 404. The molecule has 1 heterocycles. The average Bonchev–Trinajstić information content (AvgIpc) is 2.35. The summed E-state index contributed by atoms with van der Waals surface area (Å²) in [6.07, 6.45) is 0.261. The summed E-state index contributed by atoms with van der Waals surface area (Å²) >= 11 is 0. The van der Waals surface area contributed by atoms with Crippen LogP contribution in [0.4, 0.5) is 5.69 Å². The minimum atomic E-state index is -0.497. The number of amides is 1. The van der Waals surface area contributed by atoms with E-state index in [1.165, 1.54) is 5.56 Å². The van der Waals surface area contributed by atoms with E-state index in [0.717, 1.165) is 12.1 Å². The molecule has 0 saturated carbocycles. The number of para-hydroxylation sites is 1. The van der Waals surface area contributed by atoms with Crippen LogP contribution in [0.3, 0.4) is 0 Å². The van der Waals surface area contributed by atoms with Crippen LogP contribution in [0.15, 0.2) is 24.3 Å². The highest BCUT2D eigenvalue weighted by atomic mass is 16.3. The predicted octanol–water partition coefficient (Wildman–Crippen LogP) is 0.768. The van der Waals surface area contributed by atoms with Gasteiger partial charge in [0.05, 0.1) is 12.0 Å². The fraction of sp³-hybridized carbons (Fsp3) is 0.462. The van der Waals surface area contributed by atoms with Crippen molar-refractivity contribution < 1.29 is 9.90 Å². The summed E-state index contributed by atoms with van der Waals surface area (Å²) in [6, 6.07) is 8.03. The molecule has 1 aromatic carbocycles. The smallest absolute Gasteiger partial charge is 0.225 e. The Morgan fingerprint density at radius 1 is 1.59 bits per heavy atom. The predicted molar refractivity (Wildman–Crippen MR) is 66.8 cm³/mol. The maximum atomic E-state index is 11.9. The van der Waals surface area contributed by atoms with Crippen molar-refractivity contribution >= 4 is 11.6 Å². The third-order valence-corrected chi connectivity index (χ3v) is 2.97. The molecular formula is C13H18N2O2. The first-order chi connectivity index (χ1) is 8.16. The maximum Gasteiger partial charge on any atom is 0.225 e. The van der Waals surface area contributed by atoms with Gasteiger partial charge in [0.1, 0.15) is 0 Å². The molecule has 2 unspecified atom stereocenters. The zero-order valence-corrected chi connectivity index (χ0v) is 9.94. The van der Waals surface area contributed by atoms with Crippen molar-refractivity contribution in [1.82, 2.24) is 5.32 Å². The summed E-state index contributed by atoms with van der Waals surface area (Å²) < 4.78 is 0. The Balaban J connectivity index is 1.95. The first kappa shape index (κ1) is 11.9. The SMILES string of the molecule is CC(O)CNC(=O)C1CNc2ccccc2C1. The van der Waals surface area contributed by atoms with Crippen LogP contribution < -0.4 is 10.6 Å². The monoisotopic (exact) mass is 234 g/mol. The van der Waals surface area contributed by atoms with Crippen LogP contribution in [0.25, 0.3) is 0 Å². The molecule has 92 valence electrons. The Labute approximate surface area is 101 Å². The van der Waals surface area contributed by atoms with Crippen LogP contribution in [-0.2, 0) is 11.2 Å². The van der Waals surface area contributed by atoms with Gasteiger partial charge in [-0.2, -0.15) is 0 Å². The molecule has 4 nitrogen and oxygen atoms in total. The number of nitrogens with one attached hydrogen (secondary N) is 2. The minimum absolute atomic E-state index is 0.00732. The topological polar surface area (TPSA) is 61.4 Å². The quantitative estimate of drug-likeness (QED) is 0.724. The van der Waals surface area contributed by atoms with Gasteiger partial charge in [0.25, 0.3) is 0 Å². The van der Waals surface area contributed by atoms with Crippen LogP contribution >= 0.6 is 0 Å². The molecule has 3 N–H and O–H groups in total. The van der Waals surface area contributed by atoms with Gasteiger partial charge in [0.15, 0.2) is 0 Å². The van der Waals surface area contributed by atoms with E-state index in [1.807, 2.05) is 24.3 Å². The number of rotatable bonds is 3. The largest absolute Gasteiger partial charge is 0.392 e. The fourth-order valence-electron chi connectivity index (χ4n) is 2.02. The van der Waals surface area contributed by atoms with Gasteiger partial charge >= 0.3 is 0 Å². The number of hydrogen-bond acceptors (Lipinski definition) is 3. The third-order valence-electron chi connectivity index (χ3n) is 2.97. The van der Waals surface area contributed by atoms with E-state index < -0.39 is 6.10 Å². The molecule has 0 aliphatic carbocycles. The number of benzene rings is 1. The second-order valence-corrected chi connectivity index (χ2v) is 4.53. The van der Waals surface area contributed by atoms with Gasteiger partial charge in [-0.3, -0.25) is 4.79 Å². The fourth-order valence-corrected chi connectivity index (χ4v) is 2.02. The van der Waals surface area contributed by atoms with Crippen molar-refractivity contribution in [2.75, 3.05) is 18.4 Å². The van der Waals surface area contributed by atoms with Gasteiger partial charge in [-0.15, -0.1) is 0 Å². The molecule has 0 bridgehead atoms. The molecular weight excluding hydrogens is 216 g/mol. The molecule has 0 spiro atoms. The van der Waals surface area contributed by atoms with Crippen molar-refractivity contribution in [2.45, 2.75) is 19.4 Å². The van der Waals surface area contributed by atoms with Gasteiger partial charge in [0.2, 0.25) is 5.91 Å². The van der Waals surface area contributed by atoms with Gasteiger partial charge in [0, 0.05) is 18.8 Å². The Kier molecular flexibility index (Phi) is 3.64. The first-order valence-corrected chi connectivity index (χ1v) is 5.94. The van der Waals surface area contributed by atoms with Gasteiger partial charge in [-0.05, 0) is 25.0 Å². The normalized spacial score (nSPS) is 20.0. The summed E-state index contributed by atoms with van der Waals surface area (Å²) in [5, 5.41) is 15.1. The van der Waals surface area contributed by atoms with Crippen LogP contribution in [0, 0.1) is 5.92 Å². The highest BCUT2D eigenvalue weighted by Crippen LogP contribution is 2.24. The molecule has 0 radical (unpaired) electrons. The number of carbonyl (C=O) groups excluding carboxylic acids is 1. The third kappa shape index (κ3) is 2.97. The summed E-state index contributed by atoms with van der Waals surface area (Å²) in [7, 11) is 0. The van der Waals surface area contributed by atoms with E-state index in [-0.39, 0.29) is 11.8 Å². The number of hydrogen-bond donors (Lipinski definition) is 3. The van der Waals surface area contributed by atoms with E-state index in [1.54, 1.807) is 6.92 Å². The molecule has 4 heteroatoms. The van der Waals surface area contributed by atoms with E-state index in [4.69, 9.17) is 5.11 Å². The molecule has 2 rings (SSSR count). The molecule has 1 aliphatic rings. The van der Waals surface area contributed by atoms with Crippen LogP contribution in [0.2, 0.25) is 0 Å². The van der Waals surface area contributed by atoms with Gasteiger partial charge in [-0.25, -0.2) is 0 Å². The second kappa shape index (κ2) is 5.19. The molecule has 0 aromatic heterocycles. The molecule has 17 heavy (non-hydrogen) atoms. The van der Waals surface area contributed by atoms with Crippen molar-refractivity contribution in [1.29, 1.82) is 0 Å². The molecule has 0 saturated heterocycles. The highest BCUT2D eigenvalue weighted by Gasteiger charge is 2.23. The van der Waals surface area contributed by atoms with Crippen molar-refractivity contribution in [3.63, 3.8) is 0 Å². The van der Waals surface area contributed by atoms with E-state index in [9.17, 15) is 4.79 Å². The van der Waals surface area contributed by atoms with E-state index >= 15 is 0 Å². The lowest BCUT2D eigenvalue weighted by Crippen LogP contribution is -2.40. The second-order valence-electron chi connectivity index (χ2n) is 4.53. The maximum absolute atomic E-state index is 11.9. The Hall–Kier alpha value is -1.55. The number of carbonyl (C=O) groups is 1. The van der Waals surface area contributed by atoms with E-state index in [0.29, 0.717) is 13.1 Å². The summed E-state index contributed by atoms with van der Waals surface area (Å²) in [5.41, 5.74) is 2.29. The number of anilines is 1. The number of fused-ring (bicyclic) bond motifs is 1. The van der Waals surface area contributed by atoms with Crippen LogP contribution in [0.5, 0.6) is 0 Å². The Morgan fingerprint density at radius 2 is 2.35 bits per heavy atom. The summed E-state index contributed by atoms with van der Waals surface area (Å²) in [5.74, 6) is -0.0449. The van der Waals surface area contributed by atoms with Crippen LogP contribution in [0.1, 0.15) is 12.5 Å². The average molecular weight is 234 g/mol. The number of aliphatic hydroxyl groups excluding tert-OH is 1. The standard InChI is InChI=1S/C13H18N2O2/c1-9(16)7-15-13(17)11-6-10-4-2-3-5-12(10)14-8-11/h2-5,9,11,14,16H,6-8H2,1H3,(H,15,17). The minimum Gasteiger partial charge on any atom is -0.392 e. The van der Waals surface area contributed by atoms with E-state index in [2.05, 4.69) is 10.6 Å². The molecule has 1 aliphatic heterocycles. The zero-order chi connectivity index (χ0) is 12.3. The number of aliphatic hydroxyl groups is 1. The molecule has 0 fully saturated rings. The van der Waals surface area contributed by atoms with Crippen LogP contribution in [-0.4, -0.2) is 30.2 Å². The first-order valence-electron chi connectivity index (χ1n) is 5.94. The molecule has 2 atom stereocenters. The summed E-state index contributed by atoms with van der Waals surface area (Å²) in [4.78, 5) is 11.9. The lowest BCUT2D eigenvalue weighted by atomic mass is 9.93. The lowest BCUT2D eigenvalue weighted by molar-refractivity contribution is -0.125. The zero-order valence-electron chi connectivity index (χ0n) is 9.94. The van der Waals surface area contributed by atoms with Crippen molar-refractivity contribution in [3.05, 3.63) is 29.8 Å². The highest BCUT2D eigenvalue weighted by molar-refractivity contribution is 5.80.